The standard InChI is InChI=1S/C28H17N3O/c29-18-20-10-14-22(15-11-20)28(23-16-12-21(19-30)13-17-23)26-9-5-4-8-25(26)27(32)31(28)24-6-2-1-3-7-24/h1-17H. The maximum Gasteiger partial charge on any atom is 0.260 e. The van der Waals surface area contributed by atoms with Gasteiger partial charge in [-0.2, -0.15) is 10.5 Å². The van der Waals surface area contributed by atoms with Crippen molar-refractivity contribution in [3.8, 4) is 12.1 Å². The Morgan fingerprint density at radius 3 is 1.66 bits per heavy atom. The monoisotopic (exact) mass is 411 g/mol. The van der Waals surface area contributed by atoms with Crippen molar-refractivity contribution in [3.63, 3.8) is 0 Å². The Labute approximate surface area is 186 Å². The van der Waals surface area contributed by atoms with Gasteiger partial charge in [0.1, 0.15) is 5.54 Å². The first-order valence-corrected chi connectivity index (χ1v) is 10.2. The van der Waals surface area contributed by atoms with Gasteiger partial charge in [-0.15, -0.1) is 0 Å². The number of rotatable bonds is 3. The lowest BCUT2D eigenvalue weighted by Gasteiger charge is -2.40. The van der Waals surface area contributed by atoms with Gasteiger partial charge in [0.05, 0.1) is 23.3 Å². The molecule has 4 aromatic carbocycles. The van der Waals surface area contributed by atoms with Gasteiger partial charge in [-0.1, -0.05) is 60.7 Å². The van der Waals surface area contributed by atoms with Crippen LogP contribution in [0, 0.1) is 22.7 Å². The minimum atomic E-state index is -0.947. The van der Waals surface area contributed by atoms with Crippen LogP contribution >= 0.6 is 0 Å². The molecule has 1 aliphatic rings. The number of anilines is 1. The summed E-state index contributed by atoms with van der Waals surface area (Å²) in [6.07, 6.45) is 0. The van der Waals surface area contributed by atoms with Gasteiger partial charge in [-0.3, -0.25) is 9.69 Å². The first-order valence-electron chi connectivity index (χ1n) is 10.2. The van der Waals surface area contributed by atoms with Crippen molar-refractivity contribution < 1.29 is 4.79 Å². The predicted molar refractivity (Wildman–Crippen MR) is 122 cm³/mol. The molecular weight excluding hydrogens is 394 g/mol. The van der Waals surface area contributed by atoms with Gasteiger partial charge in [0, 0.05) is 11.3 Å². The summed E-state index contributed by atoms with van der Waals surface area (Å²) >= 11 is 0. The summed E-state index contributed by atoms with van der Waals surface area (Å²) in [6, 6.07) is 36.3. The molecule has 0 saturated carbocycles. The summed E-state index contributed by atoms with van der Waals surface area (Å²) in [7, 11) is 0. The molecule has 150 valence electrons. The lowest BCUT2D eigenvalue weighted by molar-refractivity contribution is 0.0986. The van der Waals surface area contributed by atoms with Crippen molar-refractivity contribution in [2.75, 3.05) is 4.90 Å². The smallest absolute Gasteiger partial charge is 0.260 e. The van der Waals surface area contributed by atoms with Gasteiger partial charge in [-0.25, -0.2) is 0 Å². The van der Waals surface area contributed by atoms with Gasteiger partial charge in [0.25, 0.3) is 5.91 Å². The van der Waals surface area contributed by atoms with Crippen molar-refractivity contribution >= 4 is 11.6 Å². The zero-order valence-corrected chi connectivity index (χ0v) is 17.1. The lowest BCUT2D eigenvalue weighted by atomic mass is 9.76. The van der Waals surface area contributed by atoms with Gasteiger partial charge in [-0.05, 0) is 59.2 Å². The number of carbonyl (C=O) groups excluding carboxylic acids is 1. The minimum Gasteiger partial charge on any atom is -0.290 e. The van der Waals surface area contributed by atoms with E-state index in [1.807, 2.05) is 83.8 Å². The third-order valence-corrected chi connectivity index (χ3v) is 5.96. The van der Waals surface area contributed by atoms with E-state index in [2.05, 4.69) is 12.1 Å². The molecule has 1 aliphatic heterocycles. The van der Waals surface area contributed by atoms with Crippen molar-refractivity contribution in [3.05, 3.63) is 137 Å². The number of amides is 1. The molecule has 0 bridgehead atoms. The molecule has 0 radical (unpaired) electrons. The van der Waals surface area contributed by atoms with Gasteiger partial charge < -0.3 is 0 Å². The largest absolute Gasteiger partial charge is 0.290 e. The molecule has 1 heterocycles. The molecule has 0 N–H and O–H groups in total. The van der Waals surface area contributed by atoms with Crippen molar-refractivity contribution in [2.24, 2.45) is 0 Å². The summed E-state index contributed by atoms with van der Waals surface area (Å²) in [5, 5.41) is 18.6. The highest BCUT2D eigenvalue weighted by atomic mass is 16.2. The maximum absolute atomic E-state index is 13.8. The summed E-state index contributed by atoms with van der Waals surface area (Å²) in [6.45, 7) is 0. The minimum absolute atomic E-state index is 0.0967. The number of hydrogen-bond donors (Lipinski definition) is 0. The molecule has 5 rings (SSSR count). The van der Waals surface area contributed by atoms with Crippen LogP contribution in [0.1, 0.15) is 38.2 Å². The fourth-order valence-corrected chi connectivity index (χ4v) is 4.57. The average molecular weight is 411 g/mol. The van der Waals surface area contributed by atoms with E-state index in [0.29, 0.717) is 16.7 Å². The van der Waals surface area contributed by atoms with Crippen LogP contribution in [0.25, 0.3) is 0 Å². The Balaban J connectivity index is 1.90. The molecule has 0 aromatic heterocycles. The van der Waals surface area contributed by atoms with Crippen LogP contribution in [0.4, 0.5) is 5.69 Å². The Hall–Kier alpha value is -4.67. The molecule has 0 spiro atoms. The Morgan fingerprint density at radius 2 is 1.12 bits per heavy atom. The molecule has 0 atom stereocenters. The molecule has 0 aliphatic carbocycles. The second kappa shape index (κ2) is 7.54. The van der Waals surface area contributed by atoms with Crippen LogP contribution in [-0.2, 0) is 5.54 Å². The summed E-state index contributed by atoms with van der Waals surface area (Å²) in [5.41, 5.74) is 4.14. The normalized spacial score (nSPS) is 13.8. The molecule has 0 fully saturated rings. The van der Waals surface area contributed by atoms with Gasteiger partial charge in [0.15, 0.2) is 0 Å². The summed E-state index contributed by atoms with van der Waals surface area (Å²) < 4.78 is 0. The van der Waals surface area contributed by atoms with Crippen LogP contribution in [0.5, 0.6) is 0 Å². The van der Waals surface area contributed by atoms with E-state index in [1.165, 1.54) is 0 Å². The highest BCUT2D eigenvalue weighted by Crippen LogP contribution is 2.50. The second-order valence-corrected chi connectivity index (χ2v) is 7.61. The first kappa shape index (κ1) is 19.3. The molecule has 4 heteroatoms. The van der Waals surface area contributed by atoms with E-state index in [9.17, 15) is 15.3 Å². The fraction of sp³-hybridized carbons (Fsp3) is 0.0357. The zero-order chi connectivity index (χ0) is 22.1. The van der Waals surface area contributed by atoms with Crippen molar-refractivity contribution in [1.82, 2.24) is 0 Å². The number of hydrogen-bond acceptors (Lipinski definition) is 3. The van der Waals surface area contributed by atoms with Crippen LogP contribution in [0.15, 0.2) is 103 Å². The number of nitrogens with zero attached hydrogens (tertiary/aromatic N) is 3. The van der Waals surface area contributed by atoms with Gasteiger partial charge >= 0.3 is 0 Å². The van der Waals surface area contributed by atoms with Crippen molar-refractivity contribution in [2.45, 2.75) is 5.54 Å². The molecule has 4 aromatic rings. The lowest BCUT2D eigenvalue weighted by Crippen LogP contribution is -2.46. The van der Waals surface area contributed by atoms with E-state index >= 15 is 0 Å². The number of carbonyl (C=O) groups is 1. The van der Waals surface area contributed by atoms with E-state index < -0.39 is 5.54 Å². The van der Waals surface area contributed by atoms with Gasteiger partial charge in [0.2, 0.25) is 0 Å². The number of benzene rings is 4. The molecule has 0 saturated heterocycles. The third-order valence-electron chi connectivity index (χ3n) is 5.96. The molecule has 0 unspecified atom stereocenters. The average Bonchev–Trinajstić information content (AvgIpc) is 3.14. The van der Waals surface area contributed by atoms with E-state index in [1.54, 1.807) is 24.3 Å². The summed E-state index contributed by atoms with van der Waals surface area (Å²) in [4.78, 5) is 15.6. The number of fused-ring (bicyclic) bond motifs is 1. The molecule has 1 amide bonds. The highest BCUT2D eigenvalue weighted by Gasteiger charge is 2.52. The Bertz CT molecular complexity index is 1340. The third kappa shape index (κ3) is 2.71. The number of para-hydroxylation sites is 1. The molecular formula is C28H17N3O. The van der Waals surface area contributed by atoms with Crippen LogP contribution in [0.3, 0.4) is 0 Å². The van der Waals surface area contributed by atoms with Crippen molar-refractivity contribution in [1.29, 1.82) is 10.5 Å². The van der Waals surface area contributed by atoms with Crippen LogP contribution in [-0.4, -0.2) is 5.91 Å². The topological polar surface area (TPSA) is 67.9 Å². The summed E-state index contributed by atoms with van der Waals surface area (Å²) in [5.74, 6) is -0.0967. The maximum atomic E-state index is 13.8. The Kier molecular flexibility index (Phi) is 4.55. The fourth-order valence-electron chi connectivity index (χ4n) is 4.57. The highest BCUT2D eigenvalue weighted by molar-refractivity contribution is 6.13. The second-order valence-electron chi connectivity index (χ2n) is 7.61. The molecule has 32 heavy (non-hydrogen) atoms. The van der Waals surface area contributed by atoms with E-state index in [0.717, 1.165) is 22.4 Å². The zero-order valence-electron chi connectivity index (χ0n) is 17.1. The number of nitriles is 2. The van der Waals surface area contributed by atoms with Crippen LogP contribution < -0.4 is 4.90 Å². The molecule has 4 nitrogen and oxygen atoms in total. The predicted octanol–water partition coefficient (Wildman–Crippen LogP) is 5.38. The first-order chi connectivity index (χ1) is 15.7. The SMILES string of the molecule is N#Cc1ccc(C2(c3ccc(C#N)cc3)c3ccccc3C(=O)N2c2ccccc2)cc1. The van der Waals surface area contributed by atoms with E-state index in [4.69, 9.17) is 0 Å². The Morgan fingerprint density at radius 1 is 0.625 bits per heavy atom. The van der Waals surface area contributed by atoms with Crippen LogP contribution in [0.2, 0.25) is 0 Å². The quantitative estimate of drug-likeness (QED) is 0.454. The van der Waals surface area contributed by atoms with E-state index in [-0.39, 0.29) is 5.91 Å².